The number of rotatable bonds is 4. The van der Waals surface area contributed by atoms with Crippen LogP contribution in [-0.2, 0) is 0 Å². The second-order valence-corrected chi connectivity index (χ2v) is 8.36. The van der Waals surface area contributed by atoms with Crippen molar-refractivity contribution in [2.45, 2.75) is 25.9 Å². The summed E-state index contributed by atoms with van der Waals surface area (Å²) in [7, 11) is 0. The lowest BCUT2D eigenvalue weighted by molar-refractivity contribution is 0.549. The highest BCUT2D eigenvalue weighted by atomic mass is 32.1. The molecule has 4 nitrogen and oxygen atoms in total. The third kappa shape index (κ3) is 3.62. The summed E-state index contributed by atoms with van der Waals surface area (Å²) < 4.78 is 2.25. The van der Waals surface area contributed by atoms with Crippen molar-refractivity contribution in [1.29, 1.82) is 0 Å². The molecular formula is C26H24N4S. The third-order valence-corrected chi connectivity index (χ3v) is 6.12. The van der Waals surface area contributed by atoms with E-state index in [1.165, 1.54) is 11.1 Å². The van der Waals surface area contributed by atoms with Gasteiger partial charge in [-0.3, -0.25) is 4.98 Å². The van der Waals surface area contributed by atoms with Gasteiger partial charge in [-0.15, -0.1) is 0 Å². The van der Waals surface area contributed by atoms with Crippen LogP contribution in [0.3, 0.4) is 0 Å². The molecule has 1 N–H and O–H groups in total. The maximum absolute atomic E-state index is 5.84. The lowest BCUT2D eigenvalue weighted by Crippen LogP contribution is -2.30. The van der Waals surface area contributed by atoms with Gasteiger partial charge in [-0.25, -0.2) is 0 Å². The standard InChI is InChI=1S/C26H24N4S/c1-18-8-12-20(13-9-18)29-17-5-7-23(29)25-24(22-6-3-4-16-27-22)28-26(31)30(25)21-14-10-19(2)11-15-21/h3-17,24-25H,1-2H3,(H,28,31)/t24-,25+/m0/s1. The van der Waals surface area contributed by atoms with Crippen molar-refractivity contribution in [2.24, 2.45) is 0 Å². The summed E-state index contributed by atoms with van der Waals surface area (Å²) in [6.07, 6.45) is 3.95. The van der Waals surface area contributed by atoms with Crippen LogP contribution in [0.25, 0.3) is 5.69 Å². The molecule has 0 radical (unpaired) electrons. The summed E-state index contributed by atoms with van der Waals surface area (Å²) >= 11 is 5.84. The van der Waals surface area contributed by atoms with Gasteiger partial charge in [0.15, 0.2) is 5.11 Å². The van der Waals surface area contributed by atoms with E-state index in [9.17, 15) is 0 Å². The smallest absolute Gasteiger partial charge is 0.174 e. The minimum absolute atomic E-state index is 0.0404. The number of nitrogens with one attached hydrogen (secondary N) is 1. The van der Waals surface area contributed by atoms with Crippen molar-refractivity contribution >= 4 is 23.0 Å². The van der Waals surface area contributed by atoms with E-state index < -0.39 is 0 Å². The summed E-state index contributed by atoms with van der Waals surface area (Å²) in [4.78, 5) is 6.87. The Kier molecular flexibility index (Phi) is 5.04. The molecule has 1 fully saturated rings. The molecule has 0 amide bonds. The number of nitrogens with zero attached hydrogens (tertiary/aromatic N) is 3. The number of benzene rings is 2. The first-order valence-corrected chi connectivity index (χ1v) is 10.8. The van der Waals surface area contributed by atoms with Gasteiger partial charge in [0.25, 0.3) is 0 Å². The Morgan fingerprint density at radius 2 is 1.48 bits per heavy atom. The first-order chi connectivity index (χ1) is 15.1. The Labute approximate surface area is 188 Å². The number of aromatic nitrogens is 2. The highest BCUT2D eigenvalue weighted by Gasteiger charge is 2.42. The molecule has 1 saturated heterocycles. The lowest BCUT2D eigenvalue weighted by Gasteiger charge is -2.29. The fourth-order valence-electron chi connectivity index (χ4n) is 4.21. The van der Waals surface area contributed by atoms with Gasteiger partial charge in [0, 0.05) is 29.5 Å². The van der Waals surface area contributed by atoms with Crippen molar-refractivity contribution in [3.63, 3.8) is 0 Å². The molecule has 0 unspecified atom stereocenters. The van der Waals surface area contributed by atoms with Crippen molar-refractivity contribution in [2.75, 3.05) is 4.90 Å². The molecule has 0 saturated carbocycles. The van der Waals surface area contributed by atoms with Crippen LogP contribution in [0, 0.1) is 13.8 Å². The number of hydrogen-bond donors (Lipinski definition) is 1. The summed E-state index contributed by atoms with van der Waals surface area (Å²) in [5, 5.41) is 4.25. The number of thiocarbonyl (C=S) groups is 1. The largest absolute Gasteiger partial charge is 0.351 e. The number of hydrogen-bond acceptors (Lipinski definition) is 2. The van der Waals surface area contributed by atoms with Gasteiger partial charge >= 0.3 is 0 Å². The molecule has 1 aliphatic rings. The zero-order valence-electron chi connectivity index (χ0n) is 17.6. The Morgan fingerprint density at radius 3 is 2.13 bits per heavy atom. The molecule has 0 aliphatic carbocycles. The van der Waals surface area contributed by atoms with E-state index in [-0.39, 0.29) is 12.1 Å². The van der Waals surface area contributed by atoms with Crippen LogP contribution in [0.1, 0.15) is 34.6 Å². The maximum Gasteiger partial charge on any atom is 0.174 e. The Morgan fingerprint density at radius 1 is 0.806 bits per heavy atom. The van der Waals surface area contributed by atoms with Crippen LogP contribution < -0.4 is 10.2 Å². The van der Waals surface area contributed by atoms with Crippen molar-refractivity contribution in [3.8, 4) is 5.69 Å². The Balaban J connectivity index is 1.66. The van der Waals surface area contributed by atoms with E-state index in [1.54, 1.807) is 0 Å². The summed E-state index contributed by atoms with van der Waals surface area (Å²) in [6.45, 7) is 4.21. The molecule has 154 valence electrons. The molecule has 2 aromatic carbocycles. The first kappa shape index (κ1) is 19.5. The van der Waals surface area contributed by atoms with E-state index >= 15 is 0 Å². The molecule has 5 heteroatoms. The summed E-state index contributed by atoms with van der Waals surface area (Å²) in [6, 6.07) is 27.3. The monoisotopic (exact) mass is 424 g/mol. The molecule has 0 bridgehead atoms. The predicted molar refractivity (Wildman–Crippen MR) is 130 cm³/mol. The molecule has 3 heterocycles. The zero-order valence-corrected chi connectivity index (χ0v) is 18.4. The number of pyridine rings is 1. The van der Waals surface area contributed by atoms with Crippen LogP contribution in [0.2, 0.25) is 0 Å². The minimum Gasteiger partial charge on any atom is -0.351 e. The van der Waals surface area contributed by atoms with Gasteiger partial charge in [0.05, 0.1) is 11.7 Å². The van der Waals surface area contributed by atoms with Gasteiger partial charge in [-0.1, -0.05) is 41.5 Å². The molecule has 5 rings (SSSR count). The van der Waals surface area contributed by atoms with Crippen LogP contribution >= 0.6 is 12.2 Å². The SMILES string of the molecule is Cc1ccc(N2C(=S)N[C@@H](c3ccccn3)[C@H]2c2cccn2-c2ccc(C)cc2)cc1. The normalized spacial score (nSPS) is 18.3. The quantitative estimate of drug-likeness (QED) is 0.428. The summed E-state index contributed by atoms with van der Waals surface area (Å²) in [5.41, 5.74) is 6.81. The Bertz CT molecular complexity index is 1200. The second-order valence-electron chi connectivity index (χ2n) is 7.97. The molecule has 2 aromatic heterocycles. The molecular weight excluding hydrogens is 400 g/mol. The number of aryl methyl sites for hydroxylation is 2. The van der Waals surface area contributed by atoms with Gasteiger partial charge in [-0.2, -0.15) is 0 Å². The number of anilines is 1. The first-order valence-electron chi connectivity index (χ1n) is 10.4. The molecule has 1 aliphatic heterocycles. The highest BCUT2D eigenvalue weighted by Crippen LogP contribution is 2.42. The van der Waals surface area contributed by atoms with Crippen LogP contribution in [-0.4, -0.2) is 14.7 Å². The van der Waals surface area contributed by atoms with E-state index in [0.717, 1.165) is 22.8 Å². The van der Waals surface area contributed by atoms with E-state index in [4.69, 9.17) is 12.2 Å². The van der Waals surface area contributed by atoms with Gasteiger partial charge in [0.1, 0.15) is 6.04 Å². The molecule has 2 atom stereocenters. The van der Waals surface area contributed by atoms with Crippen LogP contribution in [0.15, 0.2) is 91.3 Å². The average Bonchev–Trinajstić information content (AvgIpc) is 3.40. The van der Waals surface area contributed by atoms with Crippen LogP contribution in [0.4, 0.5) is 5.69 Å². The molecule has 0 spiro atoms. The predicted octanol–water partition coefficient (Wildman–Crippen LogP) is 5.67. The van der Waals surface area contributed by atoms with Gasteiger partial charge in [-0.05, 0) is 74.6 Å². The van der Waals surface area contributed by atoms with Crippen molar-refractivity contribution in [1.82, 2.24) is 14.9 Å². The lowest BCUT2D eigenvalue weighted by atomic mass is 10.0. The fourth-order valence-corrected chi connectivity index (χ4v) is 4.56. The molecule has 4 aromatic rings. The van der Waals surface area contributed by atoms with Gasteiger partial charge in [0.2, 0.25) is 0 Å². The average molecular weight is 425 g/mol. The second kappa shape index (κ2) is 8.00. The van der Waals surface area contributed by atoms with E-state index in [0.29, 0.717) is 5.11 Å². The third-order valence-electron chi connectivity index (χ3n) is 5.81. The van der Waals surface area contributed by atoms with Crippen LogP contribution in [0.5, 0.6) is 0 Å². The topological polar surface area (TPSA) is 33.1 Å². The Hall–Kier alpha value is -3.44. The highest BCUT2D eigenvalue weighted by molar-refractivity contribution is 7.80. The van der Waals surface area contributed by atoms with Crippen molar-refractivity contribution < 1.29 is 0 Å². The summed E-state index contributed by atoms with van der Waals surface area (Å²) in [5.74, 6) is 0. The fraction of sp³-hybridized carbons (Fsp3) is 0.154. The maximum atomic E-state index is 5.84. The van der Waals surface area contributed by atoms with E-state index in [1.807, 2.05) is 18.3 Å². The molecule has 31 heavy (non-hydrogen) atoms. The minimum atomic E-state index is -0.0610. The van der Waals surface area contributed by atoms with Crippen molar-refractivity contribution in [3.05, 3.63) is 114 Å². The van der Waals surface area contributed by atoms with E-state index in [2.05, 4.69) is 107 Å². The zero-order chi connectivity index (χ0) is 21.4. The van der Waals surface area contributed by atoms with Gasteiger partial charge < -0.3 is 14.8 Å².